The Bertz CT molecular complexity index is 1460. The number of amides is 2. The summed E-state index contributed by atoms with van der Waals surface area (Å²) in [5.74, 6) is -4.04. The lowest BCUT2D eigenvalue weighted by Gasteiger charge is -2.22. The number of nitrogen functional groups attached to an aromatic ring is 1. The third-order valence-corrected chi connectivity index (χ3v) is 8.37. The Hall–Kier alpha value is -4.51. The van der Waals surface area contributed by atoms with Gasteiger partial charge in [0.25, 0.3) is 0 Å². The minimum Gasteiger partial charge on any atom is -0.481 e. The molecule has 3 rings (SSSR count). The summed E-state index contributed by atoms with van der Waals surface area (Å²) in [6.45, 7) is 0.0966. The van der Waals surface area contributed by atoms with Gasteiger partial charge in [0.15, 0.2) is 9.84 Å². The number of carbonyl (C=O) groups excluding carboxylic acids is 2. The minimum absolute atomic E-state index is 0.0883. The van der Waals surface area contributed by atoms with Crippen LogP contribution >= 0.6 is 0 Å². The summed E-state index contributed by atoms with van der Waals surface area (Å²) in [4.78, 5) is 37.9. The molecule has 0 saturated heterocycles. The Morgan fingerprint density at radius 1 is 0.810 bits per heavy atom. The molecule has 0 spiro atoms. The highest BCUT2D eigenvalue weighted by Crippen LogP contribution is 2.17. The molecule has 0 bridgehead atoms. The van der Waals surface area contributed by atoms with Gasteiger partial charge in [-0.3, -0.25) is 19.8 Å². The van der Waals surface area contributed by atoms with Crippen molar-refractivity contribution in [2.75, 3.05) is 5.75 Å². The van der Waals surface area contributed by atoms with Crippen LogP contribution in [-0.2, 0) is 42.9 Å². The van der Waals surface area contributed by atoms with Crippen molar-refractivity contribution in [3.05, 3.63) is 107 Å². The van der Waals surface area contributed by atoms with Crippen molar-refractivity contribution in [1.82, 2.24) is 10.6 Å². The average Bonchev–Trinajstić information content (AvgIpc) is 2.96. The number of carbonyl (C=O) groups is 3. The lowest BCUT2D eigenvalue weighted by molar-refractivity contribution is -0.138. The molecular weight excluding hydrogens is 556 g/mol. The van der Waals surface area contributed by atoms with Crippen molar-refractivity contribution < 1.29 is 27.9 Å². The maximum Gasteiger partial charge on any atom is 0.303 e. The van der Waals surface area contributed by atoms with E-state index in [1.54, 1.807) is 54.6 Å². The van der Waals surface area contributed by atoms with E-state index in [2.05, 4.69) is 10.6 Å². The molecule has 0 fully saturated rings. The molecule has 42 heavy (non-hydrogen) atoms. The zero-order valence-electron chi connectivity index (χ0n) is 23.2. The lowest BCUT2D eigenvalue weighted by atomic mass is 9.99. The summed E-state index contributed by atoms with van der Waals surface area (Å²) in [5, 5.41) is 22.0. The minimum atomic E-state index is -3.70. The number of carboxylic acids is 1. The van der Waals surface area contributed by atoms with Crippen LogP contribution in [0.3, 0.4) is 0 Å². The van der Waals surface area contributed by atoms with Crippen molar-refractivity contribution in [3.8, 4) is 0 Å². The predicted octanol–water partition coefficient (Wildman–Crippen LogP) is 2.80. The molecule has 0 unspecified atom stereocenters. The number of amidine groups is 1. The van der Waals surface area contributed by atoms with Crippen molar-refractivity contribution in [2.24, 2.45) is 11.7 Å². The number of aryl methyl sites for hydroxylation is 1. The van der Waals surface area contributed by atoms with Crippen molar-refractivity contribution >= 4 is 33.5 Å². The van der Waals surface area contributed by atoms with Crippen LogP contribution in [0.1, 0.15) is 41.5 Å². The van der Waals surface area contributed by atoms with Gasteiger partial charge in [-0.2, -0.15) is 0 Å². The highest BCUT2D eigenvalue weighted by atomic mass is 32.2. The first-order valence-electron chi connectivity index (χ1n) is 13.5. The van der Waals surface area contributed by atoms with E-state index in [0.29, 0.717) is 23.1 Å². The SMILES string of the molecule is N=C(N)c1ccc(CNC(=O)[C@H](CCC(=O)O)NC(=O)[C@@H](CCc2ccccc2)CS(=O)(=O)Cc2ccccc2)cc1. The smallest absolute Gasteiger partial charge is 0.303 e. The van der Waals surface area contributed by atoms with E-state index in [0.717, 1.165) is 5.56 Å². The number of hydrogen-bond acceptors (Lipinski definition) is 6. The van der Waals surface area contributed by atoms with Gasteiger partial charge in [-0.25, -0.2) is 8.42 Å². The molecule has 2 amide bonds. The van der Waals surface area contributed by atoms with Crippen molar-refractivity contribution in [2.45, 2.75) is 44.0 Å². The first-order chi connectivity index (χ1) is 20.0. The maximum atomic E-state index is 13.5. The van der Waals surface area contributed by atoms with Crippen LogP contribution in [0, 0.1) is 11.3 Å². The number of nitrogens with two attached hydrogens (primary N) is 1. The maximum absolute atomic E-state index is 13.5. The molecule has 3 aromatic rings. The summed E-state index contributed by atoms with van der Waals surface area (Å²) in [7, 11) is -3.70. The molecular formula is C31H36N4O6S. The summed E-state index contributed by atoms with van der Waals surface area (Å²) >= 11 is 0. The van der Waals surface area contributed by atoms with E-state index in [-0.39, 0.29) is 37.4 Å². The molecule has 2 atom stereocenters. The number of carboxylic acid groups (broad SMARTS) is 1. The van der Waals surface area contributed by atoms with Crippen LogP contribution in [0.25, 0.3) is 0 Å². The highest BCUT2D eigenvalue weighted by molar-refractivity contribution is 7.90. The summed E-state index contributed by atoms with van der Waals surface area (Å²) in [5.41, 5.74) is 8.26. The second-order valence-electron chi connectivity index (χ2n) is 10.1. The number of sulfone groups is 1. The second-order valence-corrected chi connectivity index (χ2v) is 12.2. The second kappa shape index (κ2) is 15.5. The van der Waals surface area contributed by atoms with E-state index in [1.807, 2.05) is 30.3 Å². The Morgan fingerprint density at radius 3 is 1.98 bits per heavy atom. The van der Waals surface area contributed by atoms with Gasteiger partial charge < -0.3 is 21.5 Å². The average molecular weight is 593 g/mol. The van der Waals surface area contributed by atoms with Gasteiger partial charge in [0, 0.05) is 18.5 Å². The van der Waals surface area contributed by atoms with Crippen LogP contribution in [0.5, 0.6) is 0 Å². The predicted molar refractivity (Wildman–Crippen MR) is 160 cm³/mol. The molecule has 6 N–H and O–H groups in total. The lowest BCUT2D eigenvalue weighted by Crippen LogP contribution is -2.49. The Labute approximate surface area is 245 Å². The van der Waals surface area contributed by atoms with Gasteiger partial charge in [-0.15, -0.1) is 0 Å². The summed E-state index contributed by atoms with van der Waals surface area (Å²) < 4.78 is 26.3. The highest BCUT2D eigenvalue weighted by Gasteiger charge is 2.29. The van der Waals surface area contributed by atoms with Gasteiger partial charge in [-0.1, -0.05) is 84.9 Å². The van der Waals surface area contributed by atoms with Crippen molar-refractivity contribution in [3.63, 3.8) is 0 Å². The van der Waals surface area contributed by atoms with E-state index < -0.39 is 45.3 Å². The van der Waals surface area contributed by atoms with Crippen molar-refractivity contribution in [1.29, 1.82) is 5.41 Å². The van der Waals surface area contributed by atoms with Gasteiger partial charge in [0.1, 0.15) is 11.9 Å². The number of benzene rings is 3. The van der Waals surface area contributed by atoms with Gasteiger partial charge >= 0.3 is 5.97 Å². The first-order valence-corrected chi connectivity index (χ1v) is 15.4. The number of hydrogen-bond donors (Lipinski definition) is 5. The van der Waals surface area contributed by atoms with Gasteiger partial charge in [-0.05, 0) is 36.0 Å². The van der Waals surface area contributed by atoms with E-state index in [1.165, 1.54) is 0 Å². The number of aliphatic carboxylic acids is 1. The summed E-state index contributed by atoms with van der Waals surface area (Å²) in [6.07, 6.45) is 0.132. The van der Waals surface area contributed by atoms with Crippen LogP contribution in [0.4, 0.5) is 0 Å². The molecule has 0 saturated carbocycles. The molecule has 0 aliphatic heterocycles. The molecule has 3 aromatic carbocycles. The largest absolute Gasteiger partial charge is 0.481 e. The van der Waals surface area contributed by atoms with Crippen LogP contribution < -0.4 is 16.4 Å². The molecule has 0 heterocycles. The number of nitrogens with one attached hydrogen (secondary N) is 3. The Kier molecular flexibility index (Phi) is 11.8. The quantitative estimate of drug-likeness (QED) is 0.125. The van der Waals surface area contributed by atoms with Gasteiger partial charge in [0.05, 0.1) is 17.4 Å². The third kappa shape index (κ3) is 10.8. The fourth-order valence-electron chi connectivity index (χ4n) is 4.41. The fraction of sp³-hybridized carbons (Fsp3) is 0.290. The van der Waals surface area contributed by atoms with Gasteiger partial charge in [0.2, 0.25) is 11.8 Å². The zero-order chi connectivity index (χ0) is 30.5. The normalized spacial score (nSPS) is 12.6. The molecule has 222 valence electrons. The van der Waals surface area contributed by atoms with E-state index in [9.17, 15) is 27.9 Å². The standard InChI is InChI=1S/C31H36N4O6S/c32-29(33)25-14-12-23(13-15-25)19-34-31(39)27(17-18-28(36)37)35-30(38)26(16-11-22-7-3-1-4-8-22)21-42(40,41)20-24-9-5-2-6-10-24/h1-10,12-15,26-27H,11,16-21H2,(H3,32,33)(H,34,39)(H,35,38)(H,36,37)/t26-,27-/m0/s1. The van der Waals surface area contributed by atoms with E-state index in [4.69, 9.17) is 11.1 Å². The zero-order valence-corrected chi connectivity index (χ0v) is 24.0. The summed E-state index contributed by atoms with van der Waals surface area (Å²) in [6, 6.07) is 23.5. The Balaban J connectivity index is 1.74. The number of rotatable bonds is 16. The van der Waals surface area contributed by atoms with Crippen LogP contribution in [0.15, 0.2) is 84.9 Å². The molecule has 0 aliphatic rings. The molecule has 0 radical (unpaired) electrons. The molecule has 0 aliphatic carbocycles. The third-order valence-electron chi connectivity index (χ3n) is 6.69. The molecule has 10 nitrogen and oxygen atoms in total. The Morgan fingerprint density at radius 2 is 1.40 bits per heavy atom. The first kappa shape index (κ1) is 32.0. The molecule has 0 aromatic heterocycles. The fourth-order valence-corrected chi connectivity index (χ4v) is 6.16. The van der Waals surface area contributed by atoms with Crippen LogP contribution in [0.2, 0.25) is 0 Å². The van der Waals surface area contributed by atoms with E-state index >= 15 is 0 Å². The van der Waals surface area contributed by atoms with Crippen LogP contribution in [-0.4, -0.2) is 48.9 Å². The topological polar surface area (TPSA) is 180 Å². The monoisotopic (exact) mass is 592 g/mol. The molecule has 11 heteroatoms.